The molecule has 2 bridgehead atoms. The minimum atomic E-state index is -4.26. The van der Waals surface area contributed by atoms with Gasteiger partial charge < -0.3 is 0 Å². The standard InChI is InChI=1S/C20H18O3S/c1-13-8-9-14-4-2-5-15-6-3-7-17-19(24(21,22)23)11-10-16(20(15)17)18(13)12-14/h3,6-12H,2,4-5H2,1H3,(H,21,22,23). The summed E-state index contributed by atoms with van der Waals surface area (Å²) in [5.74, 6) is 0. The van der Waals surface area contributed by atoms with Gasteiger partial charge in [-0.3, -0.25) is 4.55 Å². The first-order valence-electron chi connectivity index (χ1n) is 8.07. The Kier molecular flexibility index (Phi) is 3.48. The van der Waals surface area contributed by atoms with Crippen molar-refractivity contribution in [2.24, 2.45) is 0 Å². The number of hydrogen-bond acceptors (Lipinski definition) is 2. The average Bonchev–Trinajstić information content (AvgIpc) is 2.60. The molecule has 1 aliphatic rings. The van der Waals surface area contributed by atoms with Gasteiger partial charge in [-0.1, -0.05) is 42.5 Å². The lowest BCUT2D eigenvalue weighted by molar-refractivity contribution is 0.484. The first-order chi connectivity index (χ1) is 11.4. The molecule has 0 saturated carbocycles. The first-order valence-corrected chi connectivity index (χ1v) is 9.51. The van der Waals surface area contributed by atoms with Crippen LogP contribution in [0.25, 0.3) is 21.9 Å². The number of hydrogen-bond donors (Lipinski definition) is 1. The largest absolute Gasteiger partial charge is 0.295 e. The second kappa shape index (κ2) is 5.43. The van der Waals surface area contributed by atoms with Gasteiger partial charge in [0.15, 0.2) is 0 Å². The van der Waals surface area contributed by atoms with Crippen molar-refractivity contribution in [2.75, 3.05) is 0 Å². The molecular weight excluding hydrogens is 320 g/mol. The summed E-state index contributed by atoms with van der Waals surface area (Å²) in [6, 6.07) is 15.5. The molecule has 0 amide bonds. The van der Waals surface area contributed by atoms with Gasteiger partial charge in [0.1, 0.15) is 4.90 Å². The van der Waals surface area contributed by atoms with Crippen molar-refractivity contribution >= 4 is 20.9 Å². The molecule has 4 rings (SSSR count). The van der Waals surface area contributed by atoms with E-state index in [2.05, 4.69) is 31.2 Å². The highest BCUT2D eigenvalue weighted by Crippen LogP contribution is 2.38. The summed E-state index contributed by atoms with van der Waals surface area (Å²) in [7, 11) is -4.26. The van der Waals surface area contributed by atoms with Gasteiger partial charge in [-0.05, 0) is 65.5 Å². The molecule has 3 aromatic carbocycles. The van der Waals surface area contributed by atoms with Gasteiger partial charge in [0.05, 0.1) is 0 Å². The van der Waals surface area contributed by atoms with Gasteiger partial charge in [0.2, 0.25) is 0 Å². The van der Waals surface area contributed by atoms with Crippen LogP contribution in [0.5, 0.6) is 0 Å². The highest BCUT2D eigenvalue weighted by Gasteiger charge is 2.20. The van der Waals surface area contributed by atoms with E-state index in [1.54, 1.807) is 6.07 Å². The van der Waals surface area contributed by atoms with Crippen molar-refractivity contribution in [3.63, 3.8) is 0 Å². The first kappa shape index (κ1) is 15.4. The highest BCUT2D eigenvalue weighted by molar-refractivity contribution is 7.86. The van der Waals surface area contributed by atoms with Crippen LogP contribution in [0.4, 0.5) is 0 Å². The van der Waals surface area contributed by atoms with Crippen LogP contribution in [0.3, 0.4) is 0 Å². The van der Waals surface area contributed by atoms with E-state index in [4.69, 9.17) is 0 Å². The summed E-state index contributed by atoms with van der Waals surface area (Å²) in [6.07, 6.45) is 2.90. The molecule has 1 N–H and O–H groups in total. The molecule has 3 aromatic rings. The Morgan fingerprint density at radius 2 is 1.79 bits per heavy atom. The van der Waals surface area contributed by atoms with Crippen molar-refractivity contribution < 1.29 is 13.0 Å². The van der Waals surface area contributed by atoms with Crippen molar-refractivity contribution in [2.45, 2.75) is 31.1 Å². The third-order valence-electron chi connectivity index (χ3n) is 4.87. The fourth-order valence-electron chi connectivity index (χ4n) is 3.71. The van der Waals surface area contributed by atoms with E-state index in [1.165, 1.54) is 11.6 Å². The zero-order valence-electron chi connectivity index (χ0n) is 13.4. The molecular formula is C20H18O3S. The van der Waals surface area contributed by atoms with E-state index in [-0.39, 0.29) is 4.90 Å². The van der Waals surface area contributed by atoms with Crippen LogP contribution in [0.1, 0.15) is 23.1 Å². The molecule has 0 aromatic heterocycles. The molecule has 0 unspecified atom stereocenters. The molecule has 1 aliphatic carbocycles. The van der Waals surface area contributed by atoms with Crippen LogP contribution < -0.4 is 0 Å². The normalized spacial score (nSPS) is 14.1. The van der Waals surface area contributed by atoms with Gasteiger partial charge in [0.25, 0.3) is 10.1 Å². The molecule has 0 radical (unpaired) electrons. The second-order valence-corrected chi connectivity index (χ2v) is 7.82. The summed E-state index contributed by atoms with van der Waals surface area (Å²) in [4.78, 5) is -0.0174. The van der Waals surface area contributed by atoms with Crippen molar-refractivity contribution in [3.8, 4) is 11.1 Å². The van der Waals surface area contributed by atoms with Crippen LogP contribution in [0.15, 0.2) is 53.4 Å². The smallest absolute Gasteiger partial charge is 0.282 e. The van der Waals surface area contributed by atoms with Gasteiger partial charge in [-0.2, -0.15) is 8.42 Å². The highest BCUT2D eigenvalue weighted by atomic mass is 32.2. The van der Waals surface area contributed by atoms with Crippen LogP contribution >= 0.6 is 0 Å². The van der Waals surface area contributed by atoms with E-state index in [0.29, 0.717) is 5.39 Å². The fourth-order valence-corrected chi connectivity index (χ4v) is 4.40. The Hall–Kier alpha value is -2.17. The van der Waals surface area contributed by atoms with E-state index in [9.17, 15) is 13.0 Å². The maximum Gasteiger partial charge on any atom is 0.295 e. The van der Waals surface area contributed by atoms with Crippen molar-refractivity contribution in [3.05, 3.63) is 65.2 Å². The predicted molar refractivity (Wildman–Crippen MR) is 96.0 cm³/mol. The lowest BCUT2D eigenvalue weighted by Gasteiger charge is -2.15. The summed E-state index contributed by atoms with van der Waals surface area (Å²) < 4.78 is 33.2. The maximum absolute atomic E-state index is 11.8. The predicted octanol–water partition coefficient (Wildman–Crippen LogP) is 4.55. The molecule has 0 aliphatic heterocycles. The van der Waals surface area contributed by atoms with Crippen LogP contribution in [0, 0.1) is 6.92 Å². The lowest BCUT2D eigenvalue weighted by atomic mass is 9.91. The van der Waals surface area contributed by atoms with E-state index >= 15 is 0 Å². The van der Waals surface area contributed by atoms with Gasteiger partial charge in [-0.15, -0.1) is 0 Å². The number of fused-ring (bicyclic) bond motifs is 3. The molecule has 0 spiro atoms. The van der Waals surface area contributed by atoms with Gasteiger partial charge in [0, 0.05) is 5.39 Å². The van der Waals surface area contributed by atoms with Crippen LogP contribution in [-0.4, -0.2) is 13.0 Å². The Morgan fingerprint density at radius 3 is 2.58 bits per heavy atom. The summed E-state index contributed by atoms with van der Waals surface area (Å²) in [5, 5.41) is 1.54. The molecule has 0 fully saturated rings. The molecule has 0 heterocycles. The minimum absolute atomic E-state index is 0.0174. The molecule has 24 heavy (non-hydrogen) atoms. The van der Waals surface area contributed by atoms with Gasteiger partial charge >= 0.3 is 0 Å². The molecule has 0 atom stereocenters. The van der Waals surface area contributed by atoms with E-state index in [1.807, 2.05) is 12.1 Å². The lowest BCUT2D eigenvalue weighted by Crippen LogP contribution is -2.01. The SMILES string of the molecule is Cc1ccc2cc1-c1ccc(S(=O)(=O)O)c3cccc(c13)CCC2. The zero-order valence-corrected chi connectivity index (χ0v) is 14.2. The van der Waals surface area contributed by atoms with Gasteiger partial charge in [-0.25, -0.2) is 0 Å². The third-order valence-corrected chi connectivity index (χ3v) is 5.78. The Balaban J connectivity index is 2.18. The Labute approximate surface area is 141 Å². The summed E-state index contributed by atoms with van der Waals surface area (Å²) in [5.41, 5.74) is 5.77. The van der Waals surface area contributed by atoms with Crippen LogP contribution in [-0.2, 0) is 23.0 Å². The topological polar surface area (TPSA) is 54.4 Å². The summed E-state index contributed by atoms with van der Waals surface area (Å²) in [6.45, 7) is 2.07. The molecule has 4 heteroatoms. The molecule has 3 nitrogen and oxygen atoms in total. The van der Waals surface area contributed by atoms with Crippen molar-refractivity contribution in [1.29, 1.82) is 0 Å². The minimum Gasteiger partial charge on any atom is -0.282 e. The maximum atomic E-state index is 11.8. The number of benzene rings is 3. The monoisotopic (exact) mass is 338 g/mol. The number of aryl methyl sites for hydroxylation is 3. The Morgan fingerprint density at radius 1 is 0.958 bits per heavy atom. The second-order valence-electron chi connectivity index (χ2n) is 6.43. The molecule has 0 saturated heterocycles. The van der Waals surface area contributed by atoms with E-state index < -0.39 is 10.1 Å². The zero-order chi connectivity index (χ0) is 16.9. The van der Waals surface area contributed by atoms with E-state index in [0.717, 1.165) is 46.9 Å². The van der Waals surface area contributed by atoms with Crippen LogP contribution in [0.2, 0.25) is 0 Å². The third kappa shape index (κ3) is 2.43. The fraction of sp³-hybridized carbons (Fsp3) is 0.200. The van der Waals surface area contributed by atoms with Crippen molar-refractivity contribution in [1.82, 2.24) is 0 Å². The quantitative estimate of drug-likeness (QED) is 0.662. The summed E-state index contributed by atoms with van der Waals surface area (Å²) >= 11 is 0. The Bertz CT molecular complexity index is 1070. The average molecular weight is 338 g/mol. The molecule has 122 valence electrons. The number of rotatable bonds is 1.